The molecule has 0 aliphatic heterocycles. The number of rotatable bonds is 6. The molecule has 2 aromatic heterocycles. The van der Waals surface area contributed by atoms with Gasteiger partial charge < -0.3 is 9.30 Å². The highest BCUT2D eigenvalue weighted by atomic mass is 35.5. The fraction of sp³-hybridized carbons (Fsp3) is 0.0333. The Hall–Kier alpha value is -5.15. The van der Waals surface area contributed by atoms with E-state index in [2.05, 4.69) is 20.5 Å². The predicted molar refractivity (Wildman–Crippen MR) is 152 cm³/mol. The molecule has 0 saturated carbocycles. The van der Waals surface area contributed by atoms with E-state index in [0.717, 1.165) is 17.0 Å². The highest BCUT2D eigenvalue weighted by Gasteiger charge is 2.15. The predicted octanol–water partition coefficient (Wildman–Crippen LogP) is 5.83. The number of aromatic nitrogens is 3. The topological polar surface area (TPSA) is 98.5 Å². The van der Waals surface area contributed by atoms with Gasteiger partial charge in [-0.25, -0.2) is 10.4 Å². The summed E-state index contributed by atoms with van der Waals surface area (Å²) in [4.78, 5) is 33.5. The number of carbonyl (C=O) groups is 1. The average Bonchev–Trinajstić information content (AvgIpc) is 2.98. The molecule has 0 spiro atoms. The van der Waals surface area contributed by atoms with E-state index >= 15 is 0 Å². The van der Waals surface area contributed by atoms with E-state index in [1.807, 2.05) is 42.5 Å². The van der Waals surface area contributed by atoms with Crippen molar-refractivity contribution in [3.63, 3.8) is 0 Å². The number of nitrogens with one attached hydrogen (secondary N) is 1. The molecule has 0 atom stereocenters. The number of benzene rings is 4. The van der Waals surface area contributed by atoms with Crippen molar-refractivity contribution < 1.29 is 13.9 Å². The molecule has 0 radical (unpaired) electrons. The SMILES string of the molecule is O=C(Cn1c2ccccc2c(=O)c2ccccc21)N/N=C\c1c(Oc2nc(Cl)ncc2F)ccc2ccccc12. The molecule has 0 saturated heterocycles. The first-order valence-corrected chi connectivity index (χ1v) is 12.6. The van der Waals surface area contributed by atoms with E-state index in [0.29, 0.717) is 27.4 Å². The number of amides is 1. The molecule has 2 heterocycles. The van der Waals surface area contributed by atoms with Crippen LogP contribution in [0, 0.1) is 5.82 Å². The molecule has 0 fully saturated rings. The molecule has 4 aromatic carbocycles. The van der Waals surface area contributed by atoms with E-state index in [1.54, 1.807) is 47.0 Å². The summed E-state index contributed by atoms with van der Waals surface area (Å²) in [5.41, 5.74) is 4.23. The third-order valence-corrected chi connectivity index (χ3v) is 6.57. The molecule has 1 amide bonds. The maximum Gasteiger partial charge on any atom is 0.260 e. The third kappa shape index (κ3) is 4.74. The van der Waals surface area contributed by atoms with Gasteiger partial charge in [-0.2, -0.15) is 14.5 Å². The quantitative estimate of drug-likeness (QED) is 0.121. The van der Waals surface area contributed by atoms with Crippen LogP contribution in [0.4, 0.5) is 4.39 Å². The van der Waals surface area contributed by atoms with Gasteiger partial charge in [0.1, 0.15) is 12.3 Å². The highest BCUT2D eigenvalue weighted by Crippen LogP contribution is 2.31. The van der Waals surface area contributed by atoms with Gasteiger partial charge in [-0.15, -0.1) is 0 Å². The molecule has 6 aromatic rings. The van der Waals surface area contributed by atoms with Gasteiger partial charge in [-0.3, -0.25) is 9.59 Å². The third-order valence-electron chi connectivity index (χ3n) is 6.38. The number of hydrogen-bond donors (Lipinski definition) is 1. The zero-order valence-corrected chi connectivity index (χ0v) is 21.5. The molecule has 6 rings (SSSR count). The molecule has 196 valence electrons. The Morgan fingerprint density at radius 2 is 1.60 bits per heavy atom. The second kappa shape index (κ2) is 10.5. The van der Waals surface area contributed by atoms with Crippen LogP contribution in [0.5, 0.6) is 11.6 Å². The Bertz CT molecular complexity index is 1970. The maximum absolute atomic E-state index is 14.3. The summed E-state index contributed by atoms with van der Waals surface area (Å²) in [6.07, 6.45) is 2.35. The van der Waals surface area contributed by atoms with Crippen LogP contribution in [0.25, 0.3) is 32.6 Å². The number of halogens is 2. The molecule has 0 unspecified atom stereocenters. The minimum atomic E-state index is -0.783. The Kier molecular flexibility index (Phi) is 6.63. The normalized spacial score (nSPS) is 11.4. The second-order valence-electron chi connectivity index (χ2n) is 8.84. The zero-order chi connectivity index (χ0) is 27.6. The van der Waals surface area contributed by atoms with Crippen molar-refractivity contribution in [3.05, 3.63) is 118 Å². The lowest BCUT2D eigenvalue weighted by molar-refractivity contribution is -0.121. The number of para-hydroxylation sites is 2. The van der Waals surface area contributed by atoms with Crippen molar-refractivity contribution in [2.24, 2.45) is 5.10 Å². The average molecular weight is 552 g/mol. The van der Waals surface area contributed by atoms with Crippen molar-refractivity contribution in [3.8, 4) is 11.6 Å². The molecule has 0 bridgehead atoms. The number of carbonyl (C=O) groups excluding carboxylic acids is 1. The van der Waals surface area contributed by atoms with Crippen LogP contribution < -0.4 is 15.6 Å². The molecule has 0 aliphatic carbocycles. The first kappa shape index (κ1) is 25.1. The first-order chi connectivity index (χ1) is 19.5. The molecule has 0 aliphatic rings. The minimum Gasteiger partial charge on any atom is -0.436 e. The number of pyridine rings is 1. The number of fused-ring (bicyclic) bond motifs is 3. The fourth-order valence-electron chi connectivity index (χ4n) is 4.60. The lowest BCUT2D eigenvalue weighted by Gasteiger charge is -2.14. The Balaban J connectivity index is 1.33. The lowest BCUT2D eigenvalue weighted by Crippen LogP contribution is -2.25. The van der Waals surface area contributed by atoms with E-state index < -0.39 is 11.7 Å². The van der Waals surface area contributed by atoms with Crippen molar-refractivity contribution in [1.29, 1.82) is 0 Å². The van der Waals surface area contributed by atoms with E-state index in [9.17, 15) is 14.0 Å². The molecule has 10 heteroatoms. The zero-order valence-electron chi connectivity index (χ0n) is 20.7. The summed E-state index contributed by atoms with van der Waals surface area (Å²) >= 11 is 5.82. The largest absolute Gasteiger partial charge is 0.436 e. The monoisotopic (exact) mass is 551 g/mol. The molecule has 8 nitrogen and oxygen atoms in total. The van der Waals surface area contributed by atoms with Gasteiger partial charge in [0.25, 0.3) is 11.8 Å². The lowest BCUT2D eigenvalue weighted by atomic mass is 10.0. The van der Waals surface area contributed by atoms with Crippen LogP contribution in [0.2, 0.25) is 5.28 Å². The van der Waals surface area contributed by atoms with E-state index in [1.165, 1.54) is 6.21 Å². The van der Waals surface area contributed by atoms with Crippen molar-refractivity contribution in [2.45, 2.75) is 6.54 Å². The van der Waals surface area contributed by atoms with E-state index in [-0.39, 0.29) is 28.9 Å². The second-order valence-corrected chi connectivity index (χ2v) is 9.17. The Morgan fingerprint density at radius 3 is 2.33 bits per heavy atom. The van der Waals surface area contributed by atoms with Crippen molar-refractivity contribution in [2.75, 3.05) is 0 Å². The van der Waals surface area contributed by atoms with Gasteiger partial charge >= 0.3 is 0 Å². The summed E-state index contributed by atoms with van der Waals surface area (Å²) in [5, 5.41) is 6.70. The molecule has 1 N–H and O–H groups in total. The first-order valence-electron chi connectivity index (χ1n) is 12.2. The standard InChI is InChI=1S/C30H19ClFN5O3/c31-30-33-16-23(32)29(35-30)40-26-14-13-18-7-1-2-8-19(18)22(26)15-34-36-27(38)17-37-24-11-5-3-9-20(24)28(39)21-10-4-6-12-25(21)37/h1-16H,17H2,(H,36,38)/b34-15-. The number of nitrogens with zero attached hydrogens (tertiary/aromatic N) is 4. The molecular weight excluding hydrogens is 533 g/mol. The van der Waals surface area contributed by atoms with Gasteiger partial charge in [-0.1, -0.05) is 54.6 Å². The number of hydrazone groups is 1. The van der Waals surface area contributed by atoms with Crippen LogP contribution in [0.15, 0.2) is 101 Å². The van der Waals surface area contributed by atoms with Crippen LogP contribution >= 0.6 is 11.6 Å². The summed E-state index contributed by atoms with van der Waals surface area (Å²) in [6, 6.07) is 25.3. The Labute approximate surface area is 231 Å². The fourth-order valence-corrected chi connectivity index (χ4v) is 4.73. The molecular formula is C30H19ClFN5O3. The van der Waals surface area contributed by atoms with Gasteiger partial charge in [0.2, 0.25) is 11.1 Å². The maximum atomic E-state index is 14.3. The summed E-state index contributed by atoms with van der Waals surface area (Å²) in [7, 11) is 0. The molecule has 40 heavy (non-hydrogen) atoms. The summed E-state index contributed by atoms with van der Waals surface area (Å²) in [6.45, 7) is -0.0812. The van der Waals surface area contributed by atoms with Gasteiger partial charge in [-0.05, 0) is 52.7 Å². The van der Waals surface area contributed by atoms with E-state index in [4.69, 9.17) is 16.3 Å². The summed E-state index contributed by atoms with van der Waals surface area (Å²) < 4.78 is 21.8. The minimum absolute atomic E-state index is 0.0812. The van der Waals surface area contributed by atoms with Crippen molar-refractivity contribution >= 4 is 56.3 Å². The number of hydrogen-bond acceptors (Lipinski definition) is 6. The van der Waals surface area contributed by atoms with Gasteiger partial charge in [0, 0.05) is 16.3 Å². The smallest absolute Gasteiger partial charge is 0.260 e. The van der Waals surface area contributed by atoms with Gasteiger partial charge in [0.05, 0.1) is 23.4 Å². The van der Waals surface area contributed by atoms with Crippen LogP contribution in [0.1, 0.15) is 5.56 Å². The van der Waals surface area contributed by atoms with Crippen LogP contribution in [-0.2, 0) is 11.3 Å². The Morgan fingerprint density at radius 1 is 0.950 bits per heavy atom. The van der Waals surface area contributed by atoms with Crippen LogP contribution in [0.3, 0.4) is 0 Å². The summed E-state index contributed by atoms with van der Waals surface area (Å²) in [5.74, 6) is -1.28. The van der Waals surface area contributed by atoms with Crippen molar-refractivity contribution in [1.82, 2.24) is 20.0 Å². The van der Waals surface area contributed by atoms with Crippen LogP contribution in [-0.4, -0.2) is 26.7 Å². The number of ether oxygens (including phenoxy) is 1. The highest BCUT2D eigenvalue weighted by molar-refractivity contribution is 6.28. The van der Waals surface area contributed by atoms with Gasteiger partial charge in [0.15, 0.2) is 5.43 Å².